The third kappa shape index (κ3) is 13.5. The Labute approximate surface area is 254 Å². The quantitative estimate of drug-likeness (QED) is 0.167. The number of hydrogen-bond acceptors (Lipinski definition) is 5. The molecule has 2 rings (SSSR count). The van der Waals surface area contributed by atoms with Crippen LogP contribution in [0.1, 0.15) is 64.5 Å². The van der Waals surface area contributed by atoms with Crippen molar-refractivity contribution in [2.45, 2.75) is 84.3 Å². The van der Waals surface area contributed by atoms with Gasteiger partial charge in [-0.1, -0.05) is 88.4 Å². The van der Waals surface area contributed by atoms with E-state index < -0.39 is 35.9 Å². The standard InChI is InChI=1S/C33H46N4O6/c1-22(2)19-29(38)34-18-12-11-17-26(33(42)43)35-31(40)28(21-25-15-9-6-10-16-25)37-32(41)27(36-30(39)23(3)4)20-24-13-7-5-8-14-24/h5-10,13-16,22-23,26-28H,11-12,17-21H2,1-4H3,(H,34,38)(H,35,40)(H,36,39)(H,37,41)(H,42,43). The lowest BCUT2D eigenvalue weighted by Crippen LogP contribution is -2.57. The fourth-order valence-electron chi connectivity index (χ4n) is 4.40. The zero-order chi connectivity index (χ0) is 31.8. The highest BCUT2D eigenvalue weighted by molar-refractivity contribution is 5.94. The number of aliphatic carboxylic acids is 1. The van der Waals surface area contributed by atoms with Crippen LogP contribution in [0.15, 0.2) is 60.7 Å². The van der Waals surface area contributed by atoms with E-state index in [1.54, 1.807) is 13.8 Å². The second-order valence-electron chi connectivity index (χ2n) is 11.5. The summed E-state index contributed by atoms with van der Waals surface area (Å²) in [5, 5.41) is 20.8. The number of carbonyl (C=O) groups is 5. The Morgan fingerprint density at radius 3 is 1.56 bits per heavy atom. The van der Waals surface area contributed by atoms with E-state index in [1.807, 2.05) is 74.5 Å². The molecule has 0 aliphatic carbocycles. The van der Waals surface area contributed by atoms with Gasteiger partial charge in [0.05, 0.1) is 0 Å². The Kier molecular flexibility index (Phi) is 14.9. The molecule has 10 heteroatoms. The summed E-state index contributed by atoms with van der Waals surface area (Å²) in [5.74, 6) is -2.82. The molecule has 3 atom stereocenters. The summed E-state index contributed by atoms with van der Waals surface area (Å²) >= 11 is 0. The molecule has 2 aromatic rings. The molecule has 2 aromatic carbocycles. The SMILES string of the molecule is CC(C)CC(=O)NCCCCC(NC(=O)C(Cc1ccccc1)NC(=O)C(Cc1ccccc1)NC(=O)C(C)C)C(=O)O. The molecule has 0 radical (unpaired) electrons. The summed E-state index contributed by atoms with van der Waals surface area (Å²) in [6.45, 7) is 7.79. The summed E-state index contributed by atoms with van der Waals surface area (Å²) in [7, 11) is 0. The molecule has 43 heavy (non-hydrogen) atoms. The van der Waals surface area contributed by atoms with Crippen LogP contribution in [0.2, 0.25) is 0 Å². The van der Waals surface area contributed by atoms with Gasteiger partial charge in [-0.2, -0.15) is 0 Å². The number of amides is 4. The predicted molar refractivity (Wildman–Crippen MR) is 165 cm³/mol. The first kappa shape index (κ1) is 35.0. The van der Waals surface area contributed by atoms with Gasteiger partial charge in [-0.05, 0) is 36.3 Å². The molecule has 4 amide bonds. The molecule has 0 aliphatic heterocycles. The van der Waals surface area contributed by atoms with Gasteiger partial charge >= 0.3 is 5.97 Å². The van der Waals surface area contributed by atoms with E-state index in [1.165, 1.54) is 0 Å². The van der Waals surface area contributed by atoms with Crippen molar-refractivity contribution < 1.29 is 29.1 Å². The van der Waals surface area contributed by atoms with Gasteiger partial charge in [0, 0.05) is 31.7 Å². The lowest BCUT2D eigenvalue weighted by atomic mass is 10.0. The van der Waals surface area contributed by atoms with E-state index >= 15 is 0 Å². The first-order valence-corrected chi connectivity index (χ1v) is 14.9. The summed E-state index contributed by atoms with van der Waals surface area (Å²) in [5.41, 5.74) is 1.61. The fourth-order valence-corrected chi connectivity index (χ4v) is 4.40. The van der Waals surface area contributed by atoms with Crippen LogP contribution in [0.3, 0.4) is 0 Å². The third-order valence-electron chi connectivity index (χ3n) is 6.81. The number of unbranched alkanes of at least 4 members (excludes halogenated alkanes) is 1. The molecule has 0 spiro atoms. The van der Waals surface area contributed by atoms with Crippen molar-refractivity contribution in [1.29, 1.82) is 0 Å². The first-order chi connectivity index (χ1) is 20.5. The highest BCUT2D eigenvalue weighted by atomic mass is 16.4. The van der Waals surface area contributed by atoms with Gasteiger partial charge in [0.2, 0.25) is 23.6 Å². The van der Waals surface area contributed by atoms with E-state index in [4.69, 9.17) is 0 Å². The maximum atomic E-state index is 13.5. The Bertz CT molecular complexity index is 1190. The van der Waals surface area contributed by atoms with Crippen LogP contribution < -0.4 is 21.3 Å². The number of benzene rings is 2. The normalized spacial score (nSPS) is 13.1. The lowest BCUT2D eigenvalue weighted by molar-refractivity contribution is -0.142. The summed E-state index contributed by atoms with van der Waals surface area (Å²) < 4.78 is 0. The minimum atomic E-state index is -1.19. The van der Waals surface area contributed by atoms with E-state index in [-0.39, 0.29) is 42.9 Å². The van der Waals surface area contributed by atoms with Crippen LogP contribution in [0.4, 0.5) is 0 Å². The van der Waals surface area contributed by atoms with Crippen LogP contribution in [0.5, 0.6) is 0 Å². The van der Waals surface area contributed by atoms with Gasteiger partial charge < -0.3 is 26.4 Å². The second-order valence-corrected chi connectivity index (χ2v) is 11.5. The van der Waals surface area contributed by atoms with E-state index in [2.05, 4.69) is 21.3 Å². The highest BCUT2D eigenvalue weighted by Gasteiger charge is 2.30. The number of hydrogen-bond donors (Lipinski definition) is 5. The Hall–Kier alpha value is -4.21. The van der Waals surface area contributed by atoms with Crippen LogP contribution in [-0.4, -0.2) is 59.4 Å². The van der Waals surface area contributed by atoms with Gasteiger partial charge in [-0.3, -0.25) is 19.2 Å². The molecule has 0 aromatic heterocycles. The van der Waals surface area contributed by atoms with Crippen molar-refractivity contribution in [3.8, 4) is 0 Å². The molecule has 0 fully saturated rings. The molecule has 10 nitrogen and oxygen atoms in total. The van der Waals surface area contributed by atoms with Crippen molar-refractivity contribution in [1.82, 2.24) is 21.3 Å². The smallest absolute Gasteiger partial charge is 0.326 e. The maximum Gasteiger partial charge on any atom is 0.326 e. The molecule has 0 aliphatic rings. The second kappa shape index (κ2) is 18.4. The zero-order valence-corrected chi connectivity index (χ0v) is 25.6. The minimum absolute atomic E-state index is 0.0484. The maximum absolute atomic E-state index is 13.5. The zero-order valence-electron chi connectivity index (χ0n) is 25.6. The molecule has 234 valence electrons. The monoisotopic (exact) mass is 594 g/mol. The molecule has 0 heterocycles. The van der Waals surface area contributed by atoms with E-state index in [9.17, 15) is 29.1 Å². The molecule has 3 unspecified atom stereocenters. The van der Waals surface area contributed by atoms with Crippen molar-refractivity contribution in [3.63, 3.8) is 0 Å². The van der Waals surface area contributed by atoms with Gasteiger partial charge in [0.25, 0.3) is 0 Å². The van der Waals surface area contributed by atoms with Gasteiger partial charge in [-0.25, -0.2) is 4.79 Å². The summed E-state index contributed by atoms with van der Waals surface area (Å²) in [4.78, 5) is 63.4. The molecular formula is C33H46N4O6. The largest absolute Gasteiger partial charge is 0.480 e. The highest BCUT2D eigenvalue weighted by Crippen LogP contribution is 2.09. The Morgan fingerprint density at radius 1 is 0.651 bits per heavy atom. The average molecular weight is 595 g/mol. The lowest BCUT2D eigenvalue weighted by Gasteiger charge is -2.25. The molecule has 0 bridgehead atoms. The van der Waals surface area contributed by atoms with Crippen LogP contribution in [0, 0.1) is 11.8 Å². The number of carboxylic acid groups (broad SMARTS) is 1. The minimum Gasteiger partial charge on any atom is -0.480 e. The van der Waals surface area contributed by atoms with Crippen LogP contribution >= 0.6 is 0 Å². The molecule has 0 saturated carbocycles. The van der Waals surface area contributed by atoms with E-state index in [0.29, 0.717) is 25.8 Å². The average Bonchev–Trinajstić information content (AvgIpc) is 2.96. The Morgan fingerprint density at radius 2 is 1.12 bits per heavy atom. The third-order valence-corrected chi connectivity index (χ3v) is 6.81. The summed E-state index contributed by atoms with van der Waals surface area (Å²) in [6.07, 6.45) is 1.96. The van der Waals surface area contributed by atoms with Crippen LogP contribution in [-0.2, 0) is 36.8 Å². The van der Waals surface area contributed by atoms with Crippen molar-refractivity contribution >= 4 is 29.6 Å². The number of rotatable bonds is 18. The molecule has 0 saturated heterocycles. The first-order valence-electron chi connectivity index (χ1n) is 14.9. The van der Waals surface area contributed by atoms with Gasteiger partial charge in [-0.15, -0.1) is 0 Å². The number of carboxylic acids is 1. The number of nitrogens with one attached hydrogen (secondary N) is 4. The van der Waals surface area contributed by atoms with Crippen LogP contribution in [0.25, 0.3) is 0 Å². The topological polar surface area (TPSA) is 154 Å². The van der Waals surface area contributed by atoms with Gasteiger partial charge in [0.1, 0.15) is 18.1 Å². The predicted octanol–water partition coefficient (Wildman–Crippen LogP) is 3.00. The fraction of sp³-hybridized carbons (Fsp3) is 0.485. The molecule has 5 N–H and O–H groups in total. The van der Waals surface area contributed by atoms with Crippen molar-refractivity contribution in [2.24, 2.45) is 11.8 Å². The van der Waals surface area contributed by atoms with Crippen molar-refractivity contribution in [3.05, 3.63) is 71.8 Å². The number of carbonyl (C=O) groups excluding carboxylic acids is 4. The Balaban J connectivity index is 2.13. The van der Waals surface area contributed by atoms with Crippen molar-refractivity contribution in [2.75, 3.05) is 6.54 Å². The molecular weight excluding hydrogens is 548 g/mol. The summed E-state index contributed by atoms with van der Waals surface area (Å²) in [6, 6.07) is 15.1. The van der Waals surface area contributed by atoms with E-state index in [0.717, 1.165) is 11.1 Å². The van der Waals surface area contributed by atoms with Gasteiger partial charge in [0.15, 0.2) is 0 Å².